The maximum absolute atomic E-state index is 3.35. The molecule has 0 saturated carbocycles. The Bertz CT molecular complexity index is 1220. The molecule has 0 nitrogen and oxygen atoms in total. The van der Waals surface area contributed by atoms with E-state index in [0.29, 0.717) is 0 Å². The van der Waals surface area contributed by atoms with Crippen LogP contribution in [0.15, 0.2) is 126 Å². The molecule has 0 saturated heterocycles. The summed E-state index contributed by atoms with van der Waals surface area (Å²) >= 11 is 6.28. The largest absolute Gasteiger partial charge is 1.00 e. The number of halogens is 3. The normalized spacial score (nSPS) is 9.07. The Kier molecular flexibility index (Phi) is 25.0. The van der Waals surface area contributed by atoms with Crippen molar-refractivity contribution in [2.45, 2.75) is 34.6 Å². The van der Waals surface area contributed by atoms with Crippen LogP contribution in [0, 0.1) is 40.7 Å². The molecule has 2 radical (unpaired) electrons. The van der Waals surface area contributed by atoms with Gasteiger partial charge in [-0.15, -0.1) is 0 Å². The van der Waals surface area contributed by atoms with Crippen molar-refractivity contribution >= 4 is 74.6 Å². The molecule has 0 fully saturated rings. The predicted molar refractivity (Wildman–Crippen MR) is 190 cm³/mol. The van der Waals surface area contributed by atoms with Gasteiger partial charge in [-0.25, -0.2) is 0 Å². The Labute approximate surface area is 304 Å². The number of rotatable bonds is 3. The topological polar surface area (TPSA) is 0 Å². The molecule has 214 valence electrons. The van der Waals surface area contributed by atoms with Crippen LogP contribution in [0.3, 0.4) is 0 Å². The maximum Gasteiger partial charge on any atom is 1.00 e. The first-order valence-electron chi connectivity index (χ1n) is 12.8. The summed E-state index contributed by atoms with van der Waals surface area (Å²) in [7, 11) is -0.483. The van der Waals surface area contributed by atoms with Crippen LogP contribution in [-0.4, -0.2) is 24.7 Å². The van der Waals surface area contributed by atoms with E-state index >= 15 is 0 Å². The second-order valence-electron chi connectivity index (χ2n) is 9.21. The van der Waals surface area contributed by atoms with Crippen LogP contribution in [-0.2, 0) is 0 Å². The molecule has 0 unspecified atom stereocenters. The quantitative estimate of drug-likeness (QED) is 0.116. The van der Waals surface area contributed by atoms with Crippen molar-refractivity contribution in [2.75, 3.05) is 5.83 Å². The minimum absolute atomic E-state index is 0. The Balaban J connectivity index is -0.000000636. The van der Waals surface area contributed by atoms with Crippen LogP contribution in [0.25, 0.3) is 0 Å². The summed E-state index contributed by atoms with van der Waals surface area (Å²) in [6, 6.07) is 46.0. The van der Waals surface area contributed by atoms with Crippen LogP contribution >= 0.6 is 39.8 Å². The third-order valence-electron chi connectivity index (χ3n) is 5.77. The fourth-order valence-corrected chi connectivity index (χ4v) is 6.03. The van der Waals surface area contributed by atoms with E-state index in [2.05, 4.69) is 157 Å². The van der Waals surface area contributed by atoms with E-state index in [1.807, 2.05) is 42.2 Å². The smallest absolute Gasteiger partial charge is 1.00 e. The minimum Gasteiger partial charge on any atom is -1.00 e. The van der Waals surface area contributed by atoms with E-state index in [0.717, 1.165) is 4.47 Å². The zero-order valence-corrected chi connectivity index (χ0v) is 31.0. The molecular weight excluding hydrogens is 673 g/mol. The van der Waals surface area contributed by atoms with Gasteiger partial charge in [0.05, 0.1) is 0 Å². The first kappa shape index (κ1) is 43.1. The van der Waals surface area contributed by atoms with Gasteiger partial charge in [-0.2, -0.15) is 35.9 Å². The van der Waals surface area contributed by atoms with Crippen LogP contribution in [0.2, 0.25) is 0 Å². The van der Waals surface area contributed by atoms with Gasteiger partial charge >= 0.3 is 18.9 Å². The second-order valence-corrected chi connectivity index (χ2v) is 12.4. The van der Waals surface area contributed by atoms with Crippen molar-refractivity contribution in [2.24, 2.45) is 0 Å². The standard InChI is InChI=1S/C21H21P.C7H7Br.C7H7.CH3Br.ClH.2Li.H/c1-16-4-10-19(11-5-16)22(20-12-6-17(2)7-13-20)21-14-8-18(3)9-15-21;1-6-2-4-7(8)5-3-6;1-7-5-3-2-4-6-7;1-2;;;;/h4-15H,1-3H3;2-5H,1H3;3-6H,1H3;1H3;1H;;;/q;;-1;;;-1;+1;-1/p-1. The van der Waals surface area contributed by atoms with E-state index in [1.165, 1.54) is 43.7 Å². The Morgan fingerprint density at radius 3 is 0.929 bits per heavy atom. The van der Waals surface area contributed by atoms with Gasteiger partial charge < -0.3 is 32.7 Å². The molecule has 6 heteroatoms. The minimum atomic E-state index is -0.483. The molecule has 0 aliphatic carbocycles. The molecule has 0 spiro atoms. The third-order valence-corrected chi connectivity index (χ3v) is 8.74. The van der Waals surface area contributed by atoms with Crippen LogP contribution in [0.5, 0.6) is 0 Å². The van der Waals surface area contributed by atoms with E-state index in [1.54, 1.807) is 0 Å². The summed E-state index contributed by atoms with van der Waals surface area (Å²) in [6.45, 7) is 10.6. The molecule has 0 bridgehead atoms. The molecule has 5 aromatic rings. The van der Waals surface area contributed by atoms with Gasteiger partial charge in [0.25, 0.3) is 0 Å². The van der Waals surface area contributed by atoms with E-state index in [9.17, 15) is 0 Å². The summed E-state index contributed by atoms with van der Waals surface area (Å²) in [4.78, 5) is 0. The summed E-state index contributed by atoms with van der Waals surface area (Å²) in [6.07, 6.45) is 0. The number of hydrogen-bond donors (Lipinski definition) is 0. The first-order valence-corrected chi connectivity index (χ1v) is 16.6. The van der Waals surface area contributed by atoms with Crippen molar-refractivity contribution in [1.82, 2.24) is 0 Å². The molecule has 5 aromatic carbocycles. The number of aryl methyl sites for hydroxylation is 5. The van der Waals surface area contributed by atoms with Crippen molar-refractivity contribution < 1.29 is 32.7 Å². The zero-order chi connectivity index (χ0) is 28.6. The molecule has 42 heavy (non-hydrogen) atoms. The molecule has 0 aliphatic rings. The van der Waals surface area contributed by atoms with Gasteiger partial charge in [-0.1, -0.05) is 146 Å². The maximum atomic E-state index is 3.35. The van der Waals surface area contributed by atoms with Crippen molar-refractivity contribution in [3.63, 3.8) is 0 Å². The second kappa shape index (κ2) is 24.3. The monoisotopic (exact) mass is 709 g/mol. The molecule has 0 heterocycles. The number of hydrogen-bond acceptors (Lipinski definition) is 0. The average molecular weight is 712 g/mol. The zero-order valence-electron chi connectivity index (χ0n) is 27.1. The van der Waals surface area contributed by atoms with Crippen LogP contribution in [0.1, 0.15) is 29.2 Å². The van der Waals surface area contributed by atoms with E-state index in [-0.39, 0.29) is 51.6 Å². The molecule has 0 amide bonds. The van der Waals surface area contributed by atoms with Gasteiger partial charge in [-0.05, 0) is 69.5 Å². The van der Waals surface area contributed by atoms with E-state index in [4.69, 9.17) is 0 Å². The summed E-state index contributed by atoms with van der Waals surface area (Å²) in [5.74, 6) is 1.81. The number of benzene rings is 5. The van der Waals surface area contributed by atoms with Crippen molar-refractivity contribution in [3.8, 4) is 0 Å². The summed E-state index contributed by atoms with van der Waals surface area (Å²) < 4.78 is 1.14. The average Bonchev–Trinajstić information content (AvgIpc) is 2.96. The van der Waals surface area contributed by atoms with Gasteiger partial charge in [0.1, 0.15) is 0 Å². The van der Waals surface area contributed by atoms with Gasteiger partial charge in [0.2, 0.25) is 0 Å². The molecular formula is C36H39Br2ClLi2P-3. The molecule has 0 atom stereocenters. The predicted octanol–water partition coefficient (Wildman–Crippen LogP) is 3.67. The van der Waals surface area contributed by atoms with Crippen molar-refractivity contribution in [3.05, 3.63) is 160 Å². The van der Waals surface area contributed by atoms with Crippen LogP contribution in [0.4, 0.5) is 0 Å². The molecule has 0 N–H and O–H groups in total. The van der Waals surface area contributed by atoms with Crippen LogP contribution < -0.4 is 47.2 Å². The summed E-state index contributed by atoms with van der Waals surface area (Å²) in [5.41, 5.74) is 6.52. The fraction of sp³-hybridized carbons (Fsp3) is 0.167. The summed E-state index contributed by atoms with van der Waals surface area (Å²) in [5, 5.41) is 4.23. The Hall–Kier alpha value is -1.03. The third kappa shape index (κ3) is 16.2. The molecule has 5 rings (SSSR count). The first-order chi connectivity index (χ1) is 18.8. The SMILES string of the molecule is CBr.Cc1cc[c-]cc1.Cc1ccc(Br)cc1.Cc1ccc(P(c2ccc(C)cc2)c2ccc(C)cc2)cc1.[Cl-].[H-].[Li+].[Li-]. The Morgan fingerprint density at radius 1 is 0.476 bits per heavy atom. The Morgan fingerprint density at radius 2 is 0.714 bits per heavy atom. The van der Waals surface area contributed by atoms with Gasteiger partial charge in [0.15, 0.2) is 0 Å². The van der Waals surface area contributed by atoms with E-state index < -0.39 is 7.92 Å². The molecule has 0 aromatic heterocycles. The fourth-order valence-electron chi connectivity index (χ4n) is 3.53. The van der Waals surface area contributed by atoms with Gasteiger partial charge in [-0.3, -0.25) is 0 Å². The number of alkyl halides is 1. The van der Waals surface area contributed by atoms with Gasteiger partial charge in [0, 0.05) is 4.47 Å². The van der Waals surface area contributed by atoms with Crippen molar-refractivity contribution in [1.29, 1.82) is 0 Å². The molecule has 0 aliphatic heterocycles.